The number of alkyl carbamates (subject to hydrolysis) is 1. The molecule has 0 spiro atoms. The van der Waals surface area contributed by atoms with E-state index in [1.165, 1.54) is 0 Å². The Balaban J connectivity index is 2.84. The van der Waals surface area contributed by atoms with Crippen LogP contribution in [0.3, 0.4) is 0 Å². The molecule has 180 valence electrons. The molecule has 1 rings (SSSR count). The Kier molecular flexibility index (Phi) is 13.0. The molecule has 0 bridgehead atoms. The highest BCUT2D eigenvalue weighted by Gasteiger charge is 2.29. The van der Waals surface area contributed by atoms with E-state index in [1.807, 2.05) is 58.0 Å². The number of carbonyl (C=O) groups excluding carboxylic acids is 3. The third-order valence-electron chi connectivity index (χ3n) is 4.54. The van der Waals surface area contributed by atoms with Crippen LogP contribution in [-0.4, -0.2) is 49.5 Å². The van der Waals surface area contributed by atoms with E-state index in [9.17, 15) is 14.4 Å². The van der Waals surface area contributed by atoms with Gasteiger partial charge in [-0.05, 0) is 38.2 Å². The van der Waals surface area contributed by atoms with Crippen molar-refractivity contribution in [1.82, 2.24) is 10.6 Å². The molecule has 0 aliphatic rings. The zero-order chi connectivity index (χ0) is 23.9. The summed E-state index contributed by atoms with van der Waals surface area (Å²) in [4.78, 5) is 36.6. The topological polar surface area (TPSA) is 129 Å². The maximum atomic E-state index is 13.0. The van der Waals surface area contributed by atoms with Crippen LogP contribution in [0.4, 0.5) is 4.79 Å². The van der Waals surface area contributed by atoms with Crippen LogP contribution in [0.25, 0.3) is 0 Å². The molecule has 9 nitrogen and oxygen atoms in total. The number of hydrogen-bond acceptors (Lipinski definition) is 6. The van der Waals surface area contributed by atoms with Crippen LogP contribution in [0.2, 0.25) is 0 Å². The second-order valence-corrected chi connectivity index (χ2v) is 7.79. The van der Waals surface area contributed by atoms with Crippen molar-refractivity contribution in [2.24, 2.45) is 11.7 Å². The van der Waals surface area contributed by atoms with Crippen molar-refractivity contribution >= 4 is 17.9 Å². The van der Waals surface area contributed by atoms with Crippen molar-refractivity contribution < 1.29 is 28.6 Å². The maximum absolute atomic E-state index is 13.0. The van der Waals surface area contributed by atoms with E-state index in [4.69, 9.17) is 19.9 Å². The fourth-order valence-electron chi connectivity index (χ4n) is 3.10. The molecule has 0 fully saturated rings. The standard InChI is InChI=1S/C23H37N3O6/c1-5-30-22(31-6-2)19(14-16(3)4)25-21(28)18(12-13-20(24)27)26-23(29)32-15-17-10-8-7-9-11-17/h7-11,16,18-19,22H,5-6,12-15H2,1-4H3,(H2,24,27)(H,25,28)(H,26,29)/t18-,19-/m0/s1. The predicted molar refractivity (Wildman–Crippen MR) is 120 cm³/mol. The molecule has 0 aromatic heterocycles. The van der Waals surface area contributed by atoms with Crippen LogP contribution in [-0.2, 0) is 30.4 Å². The van der Waals surface area contributed by atoms with Gasteiger partial charge >= 0.3 is 6.09 Å². The summed E-state index contributed by atoms with van der Waals surface area (Å²) in [5, 5.41) is 5.45. The molecule has 0 aliphatic heterocycles. The molecule has 32 heavy (non-hydrogen) atoms. The second kappa shape index (κ2) is 15.2. The van der Waals surface area contributed by atoms with E-state index >= 15 is 0 Å². The molecule has 0 heterocycles. The molecular formula is C23H37N3O6. The number of primary amides is 1. The largest absolute Gasteiger partial charge is 0.445 e. The molecule has 0 radical (unpaired) electrons. The SMILES string of the molecule is CCOC(OCC)[C@H](CC(C)C)NC(=O)[C@H](CCC(N)=O)NC(=O)OCc1ccccc1. The first-order valence-corrected chi connectivity index (χ1v) is 11.1. The van der Waals surface area contributed by atoms with Gasteiger partial charge in [-0.15, -0.1) is 0 Å². The van der Waals surface area contributed by atoms with E-state index in [1.54, 1.807) is 0 Å². The average molecular weight is 452 g/mol. The first-order valence-electron chi connectivity index (χ1n) is 11.1. The van der Waals surface area contributed by atoms with Gasteiger partial charge in [-0.25, -0.2) is 4.79 Å². The molecule has 3 amide bonds. The molecule has 0 saturated carbocycles. The van der Waals surface area contributed by atoms with Crippen molar-refractivity contribution in [3.63, 3.8) is 0 Å². The van der Waals surface area contributed by atoms with Crippen LogP contribution < -0.4 is 16.4 Å². The highest BCUT2D eigenvalue weighted by Crippen LogP contribution is 2.14. The van der Waals surface area contributed by atoms with Gasteiger partial charge in [-0.2, -0.15) is 0 Å². The zero-order valence-electron chi connectivity index (χ0n) is 19.5. The van der Waals surface area contributed by atoms with Gasteiger partial charge in [-0.3, -0.25) is 9.59 Å². The van der Waals surface area contributed by atoms with Crippen LogP contribution in [0, 0.1) is 5.92 Å². The van der Waals surface area contributed by atoms with E-state index in [0.717, 1.165) is 5.56 Å². The predicted octanol–water partition coefficient (Wildman–Crippen LogP) is 2.48. The van der Waals surface area contributed by atoms with E-state index in [0.29, 0.717) is 19.6 Å². The van der Waals surface area contributed by atoms with Crippen LogP contribution in [0.5, 0.6) is 0 Å². The van der Waals surface area contributed by atoms with Crippen molar-refractivity contribution in [2.75, 3.05) is 13.2 Å². The Morgan fingerprint density at radius 2 is 1.62 bits per heavy atom. The number of benzene rings is 1. The van der Waals surface area contributed by atoms with Gasteiger partial charge in [-0.1, -0.05) is 44.2 Å². The molecule has 9 heteroatoms. The lowest BCUT2D eigenvalue weighted by atomic mass is 10.0. The number of ether oxygens (including phenoxy) is 3. The first-order chi connectivity index (χ1) is 15.3. The van der Waals surface area contributed by atoms with Gasteiger partial charge in [0.1, 0.15) is 12.6 Å². The summed E-state index contributed by atoms with van der Waals surface area (Å²) >= 11 is 0. The number of nitrogens with one attached hydrogen (secondary N) is 2. The van der Waals surface area contributed by atoms with Crippen LogP contribution in [0.1, 0.15) is 52.5 Å². The minimum Gasteiger partial charge on any atom is -0.445 e. The van der Waals surface area contributed by atoms with Crippen molar-refractivity contribution in [3.8, 4) is 0 Å². The highest BCUT2D eigenvalue weighted by molar-refractivity contribution is 5.86. The Morgan fingerprint density at radius 1 is 1.00 bits per heavy atom. The monoisotopic (exact) mass is 451 g/mol. The maximum Gasteiger partial charge on any atom is 0.408 e. The molecule has 1 aromatic rings. The molecule has 2 atom stereocenters. The fraction of sp³-hybridized carbons (Fsp3) is 0.609. The Morgan fingerprint density at radius 3 is 2.16 bits per heavy atom. The van der Waals surface area contributed by atoms with E-state index < -0.39 is 36.3 Å². The van der Waals surface area contributed by atoms with Gasteiger partial charge in [0.2, 0.25) is 11.8 Å². The van der Waals surface area contributed by atoms with Gasteiger partial charge < -0.3 is 30.6 Å². The average Bonchev–Trinajstić information content (AvgIpc) is 2.74. The normalized spacial score (nSPS) is 12.9. The Bertz CT molecular complexity index is 692. The molecule has 0 unspecified atom stereocenters. The van der Waals surface area contributed by atoms with Crippen LogP contribution >= 0.6 is 0 Å². The van der Waals surface area contributed by atoms with Gasteiger partial charge in [0.15, 0.2) is 6.29 Å². The number of nitrogens with two attached hydrogens (primary N) is 1. The lowest BCUT2D eigenvalue weighted by Crippen LogP contribution is -2.54. The summed E-state index contributed by atoms with van der Waals surface area (Å²) in [7, 11) is 0. The third-order valence-corrected chi connectivity index (χ3v) is 4.54. The summed E-state index contributed by atoms with van der Waals surface area (Å²) in [5.41, 5.74) is 6.06. The molecule has 0 saturated heterocycles. The van der Waals surface area contributed by atoms with Crippen molar-refractivity contribution in [3.05, 3.63) is 35.9 Å². The molecular weight excluding hydrogens is 414 g/mol. The fourth-order valence-corrected chi connectivity index (χ4v) is 3.10. The first kappa shape index (κ1) is 27.4. The van der Waals surface area contributed by atoms with Gasteiger partial charge in [0.05, 0.1) is 6.04 Å². The number of carbonyl (C=O) groups is 3. The number of amides is 3. The van der Waals surface area contributed by atoms with Gasteiger partial charge in [0.25, 0.3) is 0 Å². The van der Waals surface area contributed by atoms with Crippen LogP contribution in [0.15, 0.2) is 30.3 Å². The zero-order valence-corrected chi connectivity index (χ0v) is 19.5. The summed E-state index contributed by atoms with van der Waals surface area (Å²) in [5.74, 6) is -0.767. The Hall–Kier alpha value is -2.65. The quantitative estimate of drug-likeness (QED) is 0.351. The molecule has 0 aliphatic carbocycles. The van der Waals surface area contributed by atoms with E-state index in [2.05, 4.69) is 10.6 Å². The van der Waals surface area contributed by atoms with Crippen molar-refractivity contribution in [2.45, 2.75) is 71.9 Å². The summed E-state index contributed by atoms with van der Waals surface area (Å²) in [6.07, 6.45) is -0.795. The number of rotatable bonds is 15. The molecule has 4 N–H and O–H groups in total. The summed E-state index contributed by atoms with van der Waals surface area (Å²) < 4.78 is 16.6. The summed E-state index contributed by atoms with van der Waals surface area (Å²) in [6, 6.07) is 7.75. The smallest absolute Gasteiger partial charge is 0.408 e. The summed E-state index contributed by atoms with van der Waals surface area (Å²) in [6.45, 7) is 8.65. The highest BCUT2D eigenvalue weighted by atomic mass is 16.7. The third kappa shape index (κ3) is 11.1. The second-order valence-electron chi connectivity index (χ2n) is 7.79. The minimum absolute atomic E-state index is 0.0456. The Labute approximate surface area is 190 Å². The minimum atomic E-state index is -0.996. The van der Waals surface area contributed by atoms with E-state index in [-0.39, 0.29) is 25.4 Å². The lowest BCUT2D eigenvalue weighted by molar-refractivity contribution is -0.161. The van der Waals surface area contributed by atoms with Crippen molar-refractivity contribution in [1.29, 1.82) is 0 Å². The molecule has 1 aromatic carbocycles. The number of hydrogen-bond donors (Lipinski definition) is 3. The van der Waals surface area contributed by atoms with Gasteiger partial charge in [0, 0.05) is 19.6 Å². The lowest BCUT2D eigenvalue weighted by Gasteiger charge is -2.30.